The van der Waals surface area contributed by atoms with E-state index in [1.165, 1.54) is 9.78 Å². The molecule has 1 saturated carbocycles. The van der Waals surface area contributed by atoms with Gasteiger partial charge in [-0.05, 0) is 38.5 Å². The molecule has 2 aliphatic carbocycles. The minimum atomic E-state index is -0.263. The molecule has 144 valence electrons. The number of fused-ring (bicyclic) bond motifs is 2. The lowest BCUT2D eigenvalue weighted by Gasteiger charge is -2.21. The smallest absolute Gasteiger partial charge is 0.249 e. The van der Waals surface area contributed by atoms with Gasteiger partial charge in [-0.15, -0.1) is 17.9 Å². The van der Waals surface area contributed by atoms with Gasteiger partial charge in [0.05, 0.1) is 17.5 Å². The Kier molecular flexibility index (Phi) is 5.12. The van der Waals surface area contributed by atoms with Gasteiger partial charge in [-0.2, -0.15) is 0 Å². The monoisotopic (exact) mass is 387 g/mol. The standard InChI is InChI=1S/C20H25N3O3S/c1-2-11-22(20-21-15-9-5-6-10-16(15)27-20)17(24)12-23-18(25)13-7-3-4-8-14(13)19(23)26/h2,13-14H,1,3-12H2/t13-,14-/m0/s1. The maximum absolute atomic E-state index is 13.0. The van der Waals surface area contributed by atoms with Crippen LogP contribution in [-0.2, 0) is 27.2 Å². The van der Waals surface area contributed by atoms with E-state index in [0.717, 1.165) is 57.1 Å². The van der Waals surface area contributed by atoms with E-state index < -0.39 is 0 Å². The molecule has 27 heavy (non-hydrogen) atoms. The van der Waals surface area contributed by atoms with Crippen molar-refractivity contribution in [2.75, 3.05) is 18.0 Å². The second-order valence-electron chi connectivity index (χ2n) is 7.63. The molecule has 0 radical (unpaired) electrons. The number of amides is 3. The van der Waals surface area contributed by atoms with E-state index in [1.54, 1.807) is 22.3 Å². The first kappa shape index (κ1) is 18.3. The molecule has 1 aromatic heterocycles. The third-order valence-corrected chi connectivity index (χ3v) is 7.08. The number of carbonyl (C=O) groups is 3. The molecule has 2 heterocycles. The van der Waals surface area contributed by atoms with Crippen LogP contribution in [-0.4, -0.2) is 40.7 Å². The van der Waals surface area contributed by atoms with Crippen LogP contribution in [0.4, 0.5) is 5.13 Å². The number of imide groups is 1. The Morgan fingerprint density at radius 1 is 1.15 bits per heavy atom. The molecular formula is C20H25N3O3S. The number of hydrogen-bond donors (Lipinski definition) is 0. The molecule has 0 unspecified atom stereocenters. The Labute approximate surface area is 163 Å². The van der Waals surface area contributed by atoms with Crippen molar-refractivity contribution in [2.45, 2.75) is 51.4 Å². The van der Waals surface area contributed by atoms with Crippen molar-refractivity contribution in [3.8, 4) is 0 Å². The molecule has 1 aliphatic heterocycles. The van der Waals surface area contributed by atoms with Crippen LogP contribution < -0.4 is 4.90 Å². The molecule has 0 N–H and O–H groups in total. The maximum Gasteiger partial charge on any atom is 0.249 e. The van der Waals surface area contributed by atoms with E-state index in [2.05, 4.69) is 11.6 Å². The van der Waals surface area contributed by atoms with Crippen LogP contribution in [0.3, 0.4) is 0 Å². The SMILES string of the molecule is C=CCN(C(=O)CN1C(=O)[C@H]2CCCC[C@@H]2C1=O)c1nc2c(s1)CCCC2. The van der Waals surface area contributed by atoms with E-state index in [0.29, 0.717) is 11.7 Å². The average molecular weight is 388 g/mol. The van der Waals surface area contributed by atoms with Gasteiger partial charge in [-0.3, -0.25) is 24.2 Å². The van der Waals surface area contributed by atoms with Crippen molar-refractivity contribution in [2.24, 2.45) is 11.8 Å². The molecule has 6 nitrogen and oxygen atoms in total. The lowest BCUT2D eigenvalue weighted by atomic mass is 9.81. The van der Waals surface area contributed by atoms with Gasteiger partial charge in [-0.25, -0.2) is 4.98 Å². The fourth-order valence-corrected chi connectivity index (χ4v) is 5.65. The minimum absolute atomic E-state index is 0.171. The van der Waals surface area contributed by atoms with E-state index in [4.69, 9.17) is 0 Å². The zero-order valence-corrected chi connectivity index (χ0v) is 16.3. The van der Waals surface area contributed by atoms with E-state index in [1.807, 2.05) is 0 Å². The first-order valence-corrected chi connectivity index (χ1v) is 10.7. The predicted octanol–water partition coefficient (Wildman–Crippen LogP) is 2.72. The molecule has 1 saturated heterocycles. The first-order chi connectivity index (χ1) is 13.1. The molecule has 1 aromatic rings. The van der Waals surface area contributed by atoms with Gasteiger partial charge < -0.3 is 0 Å². The lowest BCUT2D eigenvalue weighted by molar-refractivity contribution is -0.143. The number of anilines is 1. The highest BCUT2D eigenvalue weighted by Gasteiger charge is 2.48. The predicted molar refractivity (Wildman–Crippen MR) is 103 cm³/mol. The van der Waals surface area contributed by atoms with Crippen molar-refractivity contribution >= 4 is 34.2 Å². The van der Waals surface area contributed by atoms with Crippen molar-refractivity contribution in [3.05, 3.63) is 23.2 Å². The fraction of sp³-hybridized carbons (Fsp3) is 0.600. The number of aromatic nitrogens is 1. The molecule has 2 atom stereocenters. The largest absolute Gasteiger partial charge is 0.283 e. The van der Waals surface area contributed by atoms with Gasteiger partial charge in [0.25, 0.3) is 0 Å². The van der Waals surface area contributed by atoms with Gasteiger partial charge in [-0.1, -0.05) is 18.9 Å². The molecule has 7 heteroatoms. The van der Waals surface area contributed by atoms with Crippen LogP contribution in [0.15, 0.2) is 12.7 Å². The van der Waals surface area contributed by atoms with Gasteiger partial charge in [0, 0.05) is 11.4 Å². The topological polar surface area (TPSA) is 70.6 Å². The zero-order valence-electron chi connectivity index (χ0n) is 15.5. The Hall–Kier alpha value is -2.02. The van der Waals surface area contributed by atoms with Crippen LogP contribution in [0, 0.1) is 11.8 Å². The van der Waals surface area contributed by atoms with Crippen LogP contribution >= 0.6 is 11.3 Å². The Balaban J connectivity index is 1.52. The van der Waals surface area contributed by atoms with Gasteiger partial charge >= 0.3 is 0 Å². The summed E-state index contributed by atoms with van der Waals surface area (Å²) in [5, 5.41) is 0.656. The molecule has 0 spiro atoms. The van der Waals surface area contributed by atoms with Gasteiger partial charge in [0.1, 0.15) is 6.54 Å². The second-order valence-corrected chi connectivity index (χ2v) is 8.69. The number of carbonyl (C=O) groups excluding carboxylic acids is 3. The van der Waals surface area contributed by atoms with Crippen LogP contribution in [0.25, 0.3) is 0 Å². The van der Waals surface area contributed by atoms with Crippen LogP contribution in [0.5, 0.6) is 0 Å². The molecule has 3 aliphatic rings. The number of hydrogen-bond acceptors (Lipinski definition) is 5. The summed E-state index contributed by atoms with van der Waals surface area (Å²) in [6, 6.07) is 0. The molecule has 3 amide bonds. The van der Waals surface area contributed by atoms with Gasteiger partial charge in [0.2, 0.25) is 17.7 Å². The summed E-state index contributed by atoms with van der Waals surface area (Å²) in [5.41, 5.74) is 1.09. The van der Waals surface area contributed by atoms with Crippen LogP contribution in [0.2, 0.25) is 0 Å². The summed E-state index contributed by atoms with van der Waals surface area (Å²) >= 11 is 1.55. The summed E-state index contributed by atoms with van der Waals surface area (Å²) in [5.74, 6) is -1.05. The Morgan fingerprint density at radius 3 is 2.44 bits per heavy atom. The Bertz CT molecular complexity index is 740. The number of likely N-dealkylation sites (tertiary alicyclic amines) is 1. The summed E-state index contributed by atoms with van der Waals surface area (Å²) < 4.78 is 0. The quantitative estimate of drug-likeness (QED) is 0.575. The van der Waals surface area contributed by atoms with Crippen molar-refractivity contribution in [1.29, 1.82) is 0 Å². The maximum atomic E-state index is 13.0. The third kappa shape index (κ3) is 3.33. The summed E-state index contributed by atoms with van der Waals surface area (Å²) in [4.78, 5) is 47.0. The molecule has 2 fully saturated rings. The van der Waals surface area contributed by atoms with E-state index in [9.17, 15) is 14.4 Å². The molecule has 0 bridgehead atoms. The fourth-order valence-electron chi connectivity index (χ4n) is 4.48. The third-order valence-electron chi connectivity index (χ3n) is 5.90. The van der Waals surface area contributed by atoms with E-state index >= 15 is 0 Å². The average Bonchev–Trinajstić information content (AvgIpc) is 3.21. The number of rotatable bonds is 5. The number of thiazole rings is 1. The number of nitrogens with zero attached hydrogens (tertiary/aromatic N) is 3. The lowest BCUT2D eigenvalue weighted by Crippen LogP contribution is -2.43. The minimum Gasteiger partial charge on any atom is -0.283 e. The normalized spacial score (nSPS) is 24.5. The van der Waals surface area contributed by atoms with Crippen LogP contribution in [0.1, 0.15) is 49.1 Å². The zero-order chi connectivity index (χ0) is 19.0. The summed E-state index contributed by atoms with van der Waals surface area (Å²) in [7, 11) is 0. The molecule has 0 aromatic carbocycles. The highest BCUT2D eigenvalue weighted by molar-refractivity contribution is 7.16. The van der Waals surface area contributed by atoms with E-state index in [-0.39, 0.29) is 36.1 Å². The molecule has 4 rings (SSSR count). The highest BCUT2D eigenvalue weighted by atomic mass is 32.1. The summed E-state index contributed by atoms with van der Waals surface area (Å²) in [6.07, 6.45) is 9.39. The second kappa shape index (κ2) is 7.54. The van der Waals surface area contributed by atoms with Gasteiger partial charge in [0.15, 0.2) is 5.13 Å². The van der Waals surface area contributed by atoms with Crippen molar-refractivity contribution < 1.29 is 14.4 Å². The van der Waals surface area contributed by atoms with Crippen molar-refractivity contribution in [1.82, 2.24) is 9.88 Å². The first-order valence-electron chi connectivity index (χ1n) is 9.85. The van der Waals surface area contributed by atoms with Crippen molar-refractivity contribution in [3.63, 3.8) is 0 Å². The summed E-state index contributed by atoms with van der Waals surface area (Å²) in [6.45, 7) is 3.88. The molecular weight excluding hydrogens is 362 g/mol. The number of aryl methyl sites for hydroxylation is 2. The highest BCUT2D eigenvalue weighted by Crippen LogP contribution is 2.38. The Morgan fingerprint density at radius 2 is 1.81 bits per heavy atom.